The second-order valence-corrected chi connectivity index (χ2v) is 3.14. The number of rotatable bonds is 4. The van der Waals surface area contributed by atoms with Crippen LogP contribution < -0.4 is 4.74 Å². The third-order valence-electron chi connectivity index (χ3n) is 1.88. The molecule has 0 saturated heterocycles. The number of alkyl halides is 1. The Balaban J connectivity index is 2.67. The molecule has 0 saturated carbocycles. The Hall–Kier alpha value is -0.730. The Morgan fingerprint density at radius 1 is 1.38 bits per heavy atom. The lowest BCUT2D eigenvalue weighted by atomic mass is 10.1. The third-order valence-corrected chi connectivity index (χ3v) is 2.10. The zero-order valence-corrected chi connectivity index (χ0v) is 8.29. The van der Waals surface area contributed by atoms with Crippen molar-refractivity contribution in [1.82, 2.24) is 0 Å². The minimum atomic E-state index is -0.469. The van der Waals surface area contributed by atoms with Crippen molar-refractivity contribution < 1.29 is 9.84 Å². The fourth-order valence-electron chi connectivity index (χ4n) is 1.10. The molecule has 72 valence electrons. The molecule has 3 heteroatoms. The maximum absolute atomic E-state index is 9.56. The Morgan fingerprint density at radius 3 is 2.46 bits per heavy atom. The predicted octanol–water partition coefficient (Wildman–Crippen LogP) is 2.36. The number of hydrogen-bond donors (Lipinski definition) is 1. The highest BCUT2D eigenvalue weighted by atomic mass is 35.5. The molecule has 0 spiro atoms. The molecule has 0 fully saturated rings. The van der Waals surface area contributed by atoms with Crippen molar-refractivity contribution in [1.29, 1.82) is 0 Å². The number of aliphatic hydroxyl groups is 1. The van der Waals surface area contributed by atoms with Crippen molar-refractivity contribution in [3.05, 3.63) is 29.8 Å². The van der Waals surface area contributed by atoms with E-state index in [1.165, 1.54) is 0 Å². The van der Waals surface area contributed by atoms with Gasteiger partial charge < -0.3 is 9.84 Å². The van der Waals surface area contributed by atoms with E-state index in [0.29, 0.717) is 12.3 Å². The standard InChI is InChI=1S/C10H13ClO2/c1-13-9-4-2-8(3-5-9)10(12)6-7-11/h2-5,10,12H,6-7H2,1H3. The Bertz CT molecular complexity index is 246. The molecule has 13 heavy (non-hydrogen) atoms. The van der Waals surface area contributed by atoms with Crippen molar-refractivity contribution in [2.45, 2.75) is 12.5 Å². The number of aliphatic hydroxyl groups excluding tert-OH is 1. The van der Waals surface area contributed by atoms with Crippen molar-refractivity contribution >= 4 is 11.6 Å². The van der Waals surface area contributed by atoms with Gasteiger partial charge in [-0.2, -0.15) is 0 Å². The molecule has 2 nitrogen and oxygen atoms in total. The molecule has 0 amide bonds. The maximum atomic E-state index is 9.56. The molecule has 1 atom stereocenters. The Morgan fingerprint density at radius 2 is 2.00 bits per heavy atom. The van der Waals surface area contributed by atoms with Gasteiger partial charge in [0.1, 0.15) is 5.75 Å². The fourth-order valence-corrected chi connectivity index (χ4v) is 1.30. The van der Waals surface area contributed by atoms with E-state index in [1.807, 2.05) is 24.3 Å². The lowest BCUT2D eigenvalue weighted by Crippen LogP contribution is -1.97. The average molecular weight is 201 g/mol. The van der Waals surface area contributed by atoms with Crippen molar-refractivity contribution in [2.75, 3.05) is 13.0 Å². The molecule has 0 aliphatic carbocycles. The first kappa shape index (κ1) is 10.4. The van der Waals surface area contributed by atoms with E-state index in [1.54, 1.807) is 7.11 Å². The van der Waals surface area contributed by atoms with E-state index in [2.05, 4.69) is 0 Å². The number of benzene rings is 1. The number of hydrogen-bond acceptors (Lipinski definition) is 2. The summed E-state index contributed by atoms with van der Waals surface area (Å²) >= 11 is 5.52. The van der Waals surface area contributed by atoms with Crippen LogP contribution in [0.15, 0.2) is 24.3 Å². The zero-order chi connectivity index (χ0) is 9.68. The summed E-state index contributed by atoms with van der Waals surface area (Å²) < 4.78 is 5.00. The van der Waals surface area contributed by atoms with Crippen LogP contribution in [0.3, 0.4) is 0 Å². The van der Waals surface area contributed by atoms with Crippen molar-refractivity contribution in [3.8, 4) is 5.75 Å². The molecule has 1 aromatic rings. The van der Waals surface area contributed by atoms with Crippen LogP contribution in [0.2, 0.25) is 0 Å². The molecule has 0 aliphatic heterocycles. The van der Waals surface area contributed by atoms with Gasteiger partial charge in [0.2, 0.25) is 0 Å². The molecule has 0 bridgehead atoms. The van der Waals surface area contributed by atoms with E-state index in [0.717, 1.165) is 11.3 Å². The average Bonchev–Trinajstić information content (AvgIpc) is 2.18. The summed E-state index contributed by atoms with van der Waals surface area (Å²) in [5, 5.41) is 9.56. The highest BCUT2D eigenvalue weighted by Gasteiger charge is 2.05. The third kappa shape index (κ3) is 2.90. The number of halogens is 1. The van der Waals surface area contributed by atoms with Crippen LogP contribution in [0.4, 0.5) is 0 Å². The van der Waals surface area contributed by atoms with Crippen LogP contribution in [0.1, 0.15) is 18.1 Å². The Kier molecular flexibility index (Phi) is 4.06. The van der Waals surface area contributed by atoms with Crippen LogP contribution in [0.25, 0.3) is 0 Å². The molecule has 1 rings (SSSR count). The van der Waals surface area contributed by atoms with Gasteiger partial charge in [-0.25, -0.2) is 0 Å². The molecule has 0 radical (unpaired) electrons. The molecule has 0 aromatic heterocycles. The summed E-state index contributed by atoms with van der Waals surface area (Å²) in [6.07, 6.45) is 0.108. The summed E-state index contributed by atoms with van der Waals surface area (Å²) in [6.45, 7) is 0. The number of methoxy groups -OCH3 is 1. The summed E-state index contributed by atoms with van der Waals surface area (Å²) in [5.74, 6) is 1.26. The van der Waals surface area contributed by atoms with Gasteiger partial charge in [0.05, 0.1) is 13.2 Å². The smallest absolute Gasteiger partial charge is 0.118 e. The van der Waals surface area contributed by atoms with Gasteiger partial charge in [-0.05, 0) is 24.1 Å². The molecule has 0 aliphatic rings. The zero-order valence-electron chi connectivity index (χ0n) is 7.53. The second-order valence-electron chi connectivity index (χ2n) is 2.77. The highest BCUT2D eigenvalue weighted by Crippen LogP contribution is 2.19. The summed E-state index contributed by atoms with van der Waals surface area (Å²) in [5.41, 5.74) is 0.876. The minimum Gasteiger partial charge on any atom is -0.497 e. The highest BCUT2D eigenvalue weighted by molar-refractivity contribution is 6.17. The van der Waals surface area contributed by atoms with E-state index >= 15 is 0 Å². The van der Waals surface area contributed by atoms with Gasteiger partial charge in [-0.1, -0.05) is 12.1 Å². The molecule has 1 unspecified atom stereocenters. The molecule has 1 aromatic carbocycles. The molecular formula is C10H13ClO2. The topological polar surface area (TPSA) is 29.5 Å². The first-order valence-electron chi connectivity index (χ1n) is 4.16. The molecule has 1 N–H and O–H groups in total. The second kappa shape index (κ2) is 5.10. The quantitative estimate of drug-likeness (QED) is 0.757. The van der Waals surface area contributed by atoms with Crippen LogP contribution >= 0.6 is 11.6 Å². The van der Waals surface area contributed by atoms with Gasteiger partial charge >= 0.3 is 0 Å². The van der Waals surface area contributed by atoms with Crippen LogP contribution in [-0.2, 0) is 0 Å². The van der Waals surface area contributed by atoms with Gasteiger partial charge in [0.25, 0.3) is 0 Å². The van der Waals surface area contributed by atoms with E-state index in [4.69, 9.17) is 16.3 Å². The van der Waals surface area contributed by atoms with Crippen LogP contribution in [0, 0.1) is 0 Å². The normalized spacial score (nSPS) is 12.5. The lowest BCUT2D eigenvalue weighted by Gasteiger charge is -2.09. The van der Waals surface area contributed by atoms with Gasteiger partial charge in [0.15, 0.2) is 0 Å². The number of ether oxygens (including phenoxy) is 1. The maximum Gasteiger partial charge on any atom is 0.118 e. The fraction of sp³-hybridized carbons (Fsp3) is 0.400. The lowest BCUT2D eigenvalue weighted by molar-refractivity contribution is 0.174. The summed E-state index contributed by atoms with van der Waals surface area (Å²) in [7, 11) is 1.62. The van der Waals surface area contributed by atoms with E-state index < -0.39 is 6.10 Å². The van der Waals surface area contributed by atoms with Gasteiger partial charge in [-0.3, -0.25) is 0 Å². The Labute approximate surface area is 83.1 Å². The van der Waals surface area contributed by atoms with Crippen LogP contribution in [-0.4, -0.2) is 18.1 Å². The molecule has 0 heterocycles. The molecular weight excluding hydrogens is 188 g/mol. The van der Waals surface area contributed by atoms with Crippen molar-refractivity contribution in [3.63, 3.8) is 0 Å². The van der Waals surface area contributed by atoms with Gasteiger partial charge in [0, 0.05) is 5.88 Å². The van der Waals surface area contributed by atoms with Crippen molar-refractivity contribution in [2.24, 2.45) is 0 Å². The van der Waals surface area contributed by atoms with E-state index in [-0.39, 0.29) is 0 Å². The summed E-state index contributed by atoms with van der Waals surface area (Å²) in [4.78, 5) is 0. The predicted molar refractivity (Wildman–Crippen MR) is 53.3 cm³/mol. The monoisotopic (exact) mass is 200 g/mol. The van der Waals surface area contributed by atoms with Gasteiger partial charge in [-0.15, -0.1) is 11.6 Å². The van der Waals surface area contributed by atoms with E-state index in [9.17, 15) is 5.11 Å². The van der Waals surface area contributed by atoms with Crippen LogP contribution in [0.5, 0.6) is 5.75 Å². The first-order chi connectivity index (χ1) is 6.27. The minimum absolute atomic E-state index is 0.465. The largest absolute Gasteiger partial charge is 0.497 e. The summed E-state index contributed by atoms with van der Waals surface area (Å²) in [6, 6.07) is 7.34. The SMILES string of the molecule is COc1ccc(C(O)CCCl)cc1. The first-order valence-corrected chi connectivity index (χ1v) is 4.69.